The molecule has 12 heteroatoms. The monoisotopic (exact) mass is 649 g/mol. The lowest BCUT2D eigenvalue weighted by atomic mass is 9.61. The summed E-state index contributed by atoms with van der Waals surface area (Å²) in [5.41, 5.74) is 10.7. The lowest BCUT2D eigenvalue weighted by Gasteiger charge is -2.42. The molecule has 2 aliphatic carbocycles. The van der Waals surface area contributed by atoms with Crippen molar-refractivity contribution in [2.24, 2.45) is 0 Å². The van der Waals surface area contributed by atoms with Crippen LogP contribution >= 0.6 is 0 Å². The van der Waals surface area contributed by atoms with Crippen molar-refractivity contribution in [2.75, 3.05) is 37.4 Å². The summed E-state index contributed by atoms with van der Waals surface area (Å²) in [6.07, 6.45) is 9.07. The zero-order valence-corrected chi connectivity index (χ0v) is 28.0. The topological polar surface area (TPSA) is 155 Å². The summed E-state index contributed by atoms with van der Waals surface area (Å²) in [7, 11) is 2.18. The lowest BCUT2D eigenvalue weighted by Crippen LogP contribution is -2.53. The quantitative estimate of drug-likeness (QED) is 0.298. The molecule has 0 saturated carbocycles. The molecule has 0 unspecified atom stereocenters. The van der Waals surface area contributed by atoms with Gasteiger partial charge in [-0.05, 0) is 109 Å². The number of nitrogen functional groups attached to an aromatic ring is 1. The maximum Gasteiger partial charge on any atom is 0.246 e. The lowest BCUT2D eigenvalue weighted by molar-refractivity contribution is 0.0321. The Morgan fingerprint density at radius 1 is 1.12 bits per heavy atom. The molecule has 3 aliphatic heterocycles. The molecule has 2 fully saturated rings. The van der Waals surface area contributed by atoms with Gasteiger partial charge >= 0.3 is 0 Å². The highest BCUT2D eigenvalue weighted by Gasteiger charge is 2.48. The fourth-order valence-electron chi connectivity index (χ4n) is 9.70. The van der Waals surface area contributed by atoms with Crippen LogP contribution in [-0.4, -0.2) is 79.3 Å². The molecule has 6 heterocycles. The first kappa shape index (κ1) is 29.9. The maximum atomic E-state index is 11.3. The molecule has 0 amide bonds. The predicted molar refractivity (Wildman–Crippen MR) is 180 cm³/mol. The standard InChI is InChI=1S/C36H43N9O3/c1-20(26-9-6-16-43(26)3)45-33-27-32(44-19-35(2,46)15-12-22(44)18-47-34(27)41-45)39-31(40-33)29-23-8-5-14-36(30(23)48-42-29)13-4-7-21-10-11-25(38)24(17-37)28(21)36/h10-11,20,22,26,46H,4-9,12-16,18-19,38H2,1-3H3/t20-,22+,26-,35+,36+/m0/s1. The van der Waals surface area contributed by atoms with Crippen LogP contribution in [0.3, 0.4) is 0 Å². The van der Waals surface area contributed by atoms with Crippen LogP contribution in [0.5, 0.6) is 5.88 Å². The van der Waals surface area contributed by atoms with Crippen LogP contribution in [0.1, 0.15) is 99.3 Å². The molecule has 4 aromatic rings. The zero-order chi connectivity index (χ0) is 32.9. The van der Waals surface area contributed by atoms with Gasteiger partial charge in [-0.25, -0.2) is 14.6 Å². The molecular weight excluding hydrogens is 606 g/mol. The minimum atomic E-state index is -0.859. The molecule has 2 saturated heterocycles. The van der Waals surface area contributed by atoms with Crippen molar-refractivity contribution in [1.82, 2.24) is 29.8 Å². The number of likely N-dealkylation sites (N-methyl/N-ethyl adjacent to an activating group) is 1. The van der Waals surface area contributed by atoms with E-state index in [9.17, 15) is 10.4 Å². The number of ether oxygens (including phenoxy) is 1. The number of aliphatic hydroxyl groups is 1. The van der Waals surface area contributed by atoms with E-state index in [1.807, 2.05) is 17.7 Å². The average Bonchev–Trinajstić information content (AvgIpc) is 3.78. The van der Waals surface area contributed by atoms with Crippen LogP contribution in [0.25, 0.3) is 22.6 Å². The van der Waals surface area contributed by atoms with Crippen molar-refractivity contribution in [3.05, 3.63) is 40.1 Å². The number of piperidine rings is 1. The van der Waals surface area contributed by atoms with Crippen molar-refractivity contribution in [1.29, 1.82) is 5.26 Å². The first-order valence-electron chi connectivity index (χ1n) is 17.6. The summed E-state index contributed by atoms with van der Waals surface area (Å²) in [6.45, 7) is 6.08. The number of benzene rings is 1. The number of nitriles is 1. The number of aryl methyl sites for hydroxylation is 1. The van der Waals surface area contributed by atoms with Gasteiger partial charge in [0.05, 0.1) is 28.7 Å². The number of rotatable bonds is 3. The Balaban J connectivity index is 1.25. The van der Waals surface area contributed by atoms with E-state index in [2.05, 4.69) is 35.9 Å². The van der Waals surface area contributed by atoms with Crippen molar-refractivity contribution >= 4 is 22.5 Å². The molecule has 0 bridgehead atoms. The molecule has 12 nitrogen and oxygen atoms in total. The predicted octanol–water partition coefficient (Wildman–Crippen LogP) is 4.66. The molecule has 1 spiro atoms. The zero-order valence-electron chi connectivity index (χ0n) is 28.0. The minimum Gasteiger partial charge on any atom is -0.474 e. The number of hydrogen-bond acceptors (Lipinski definition) is 11. The normalized spacial score (nSPS) is 28.8. The molecule has 9 rings (SSSR count). The Bertz CT molecular complexity index is 1990. The molecule has 48 heavy (non-hydrogen) atoms. The van der Waals surface area contributed by atoms with E-state index in [0.29, 0.717) is 59.9 Å². The number of hydrogen-bond donors (Lipinski definition) is 2. The third-order valence-electron chi connectivity index (χ3n) is 12.1. The van der Waals surface area contributed by atoms with Gasteiger partial charge in [0.25, 0.3) is 0 Å². The van der Waals surface area contributed by atoms with Crippen molar-refractivity contribution < 1.29 is 14.4 Å². The summed E-state index contributed by atoms with van der Waals surface area (Å²) in [6, 6.07) is 6.80. The first-order valence-corrected chi connectivity index (χ1v) is 17.6. The van der Waals surface area contributed by atoms with Crippen LogP contribution in [0.15, 0.2) is 16.7 Å². The Hall–Kier alpha value is -4.21. The van der Waals surface area contributed by atoms with Gasteiger partial charge in [0.2, 0.25) is 5.88 Å². The van der Waals surface area contributed by atoms with E-state index >= 15 is 0 Å². The summed E-state index contributed by atoms with van der Waals surface area (Å²) in [4.78, 5) is 15.1. The Labute approximate surface area is 279 Å². The van der Waals surface area contributed by atoms with Gasteiger partial charge in [0.1, 0.15) is 23.9 Å². The largest absolute Gasteiger partial charge is 0.474 e. The molecule has 3 N–H and O–H groups in total. The number of anilines is 2. The van der Waals surface area contributed by atoms with Crippen LogP contribution < -0.4 is 15.4 Å². The van der Waals surface area contributed by atoms with Gasteiger partial charge in [-0.2, -0.15) is 5.26 Å². The van der Waals surface area contributed by atoms with Crippen LogP contribution in [0.2, 0.25) is 0 Å². The van der Waals surface area contributed by atoms with E-state index < -0.39 is 11.0 Å². The SMILES string of the molecule is C[C@@H]([C@@H]1CCCN1C)n1nc2c3c(nc(-c4noc5c4CCC[C@@]54CCCc5ccc(N)c(C#N)c54)nc31)N1C[C@](C)(O)CC[C@@H]1CO2. The molecule has 5 aliphatic rings. The van der Waals surface area contributed by atoms with Crippen LogP contribution in [0, 0.1) is 11.3 Å². The first-order chi connectivity index (χ1) is 23.2. The highest BCUT2D eigenvalue weighted by atomic mass is 16.5. The number of aromatic nitrogens is 5. The number of likely N-dealkylation sites (tertiary alicyclic amines) is 1. The second-order valence-electron chi connectivity index (χ2n) is 15.2. The third kappa shape index (κ3) is 4.26. The molecule has 5 atom stereocenters. The van der Waals surface area contributed by atoms with E-state index in [1.54, 1.807) is 0 Å². The third-order valence-corrected chi connectivity index (χ3v) is 12.1. The number of nitrogens with two attached hydrogens (primary N) is 1. The fourth-order valence-corrected chi connectivity index (χ4v) is 9.70. The smallest absolute Gasteiger partial charge is 0.246 e. The minimum absolute atomic E-state index is 0.0516. The van der Waals surface area contributed by atoms with Gasteiger partial charge in [-0.15, -0.1) is 5.10 Å². The fraction of sp³-hybridized carbons (Fsp3) is 0.583. The van der Waals surface area contributed by atoms with Crippen molar-refractivity contribution in [3.8, 4) is 23.5 Å². The van der Waals surface area contributed by atoms with Gasteiger partial charge < -0.3 is 29.9 Å². The van der Waals surface area contributed by atoms with E-state index in [-0.39, 0.29) is 12.1 Å². The summed E-state index contributed by atoms with van der Waals surface area (Å²) in [5, 5.41) is 32.1. The van der Waals surface area contributed by atoms with E-state index in [4.69, 9.17) is 35.2 Å². The highest BCUT2D eigenvalue weighted by molar-refractivity contribution is 5.94. The van der Waals surface area contributed by atoms with Crippen LogP contribution in [-0.2, 0) is 18.3 Å². The summed E-state index contributed by atoms with van der Waals surface area (Å²) < 4.78 is 14.8. The summed E-state index contributed by atoms with van der Waals surface area (Å²) >= 11 is 0. The van der Waals surface area contributed by atoms with Gasteiger partial charge in [0, 0.05) is 23.8 Å². The molecule has 3 aromatic heterocycles. The molecule has 0 radical (unpaired) electrons. The maximum absolute atomic E-state index is 11.3. The highest BCUT2D eigenvalue weighted by Crippen LogP contribution is 2.53. The van der Waals surface area contributed by atoms with Crippen molar-refractivity contribution in [3.63, 3.8) is 0 Å². The number of nitrogens with zero attached hydrogens (tertiary/aromatic N) is 8. The Morgan fingerprint density at radius 2 is 1.96 bits per heavy atom. The Kier molecular flexibility index (Phi) is 6.63. The van der Waals surface area contributed by atoms with Gasteiger partial charge in [-0.1, -0.05) is 11.2 Å². The second kappa shape index (κ2) is 10.6. The van der Waals surface area contributed by atoms with Crippen LogP contribution in [0.4, 0.5) is 11.5 Å². The average molecular weight is 650 g/mol. The number of fused-ring (bicyclic) bond motifs is 6. The molecule has 250 valence electrons. The Morgan fingerprint density at radius 3 is 2.75 bits per heavy atom. The van der Waals surface area contributed by atoms with E-state index in [1.165, 1.54) is 5.56 Å². The molecular formula is C36H43N9O3. The van der Waals surface area contributed by atoms with Gasteiger partial charge in [-0.3, -0.25) is 0 Å². The van der Waals surface area contributed by atoms with Gasteiger partial charge in [0.15, 0.2) is 22.9 Å². The second-order valence-corrected chi connectivity index (χ2v) is 15.2. The molecule has 1 aromatic carbocycles. The summed E-state index contributed by atoms with van der Waals surface area (Å²) in [5.74, 6) is 2.60. The van der Waals surface area contributed by atoms with Crippen molar-refractivity contribution in [2.45, 2.75) is 107 Å². The van der Waals surface area contributed by atoms with E-state index in [0.717, 1.165) is 92.4 Å².